The number of rotatable bonds is 6. The molecule has 0 spiro atoms. The third-order valence-electron chi connectivity index (χ3n) is 4.34. The minimum Gasteiger partial charge on any atom is -0.224 e. The maximum Gasteiger partial charge on any atom is 0.212 e. The zero-order valence-corrected chi connectivity index (χ0v) is 15.3. The smallest absolute Gasteiger partial charge is 0.212 e. The normalized spacial score (nSPS) is 18.7. The van der Waals surface area contributed by atoms with E-state index in [2.05, 4.69) is 4.72 Å². The van der Waals surface area contributed by atoms with Crippen LogP contribution in [0.4, 0.5) is 0 Å². The molecule has 2 rings (SSSR count). The van der Waals surface area contributed by atoms with Crippen molar-refractivity contribution in [3.05, 3.63) is 29.8 Å². The van der Waals surface area contributed by atoms with E-state index in [4.69, 9.17) is 0 Å². The molecule has 130 valence electrons. The molecule has 1 aliphatic carbocycles. The molecule has 0 saturated heterocycles. The van der Waals surface area contributed by atoms with Gasteiger partial charge in [-0.3, -0.25) is 0 Å². The molecule has 7 heteroatoms. The summed E-state index contributed by atoms with van der Waals surface area (Å²) in [5.74, 6) is 0.430. The Labute approximate surface area is 139 Å². The summed E-state index contributed by atoms with van der Waals surface area (Å²) in [5, 5.41) is 0. The van der Waals surface area contributed by atoms with Crippen LogP contribution in [0.15, 0.2) is 29.2 Å². The summed E-state index contributed by atoms with van der Waals surface area (Å²) in [6.45, 7) is 1.77. The van der Waals surface area contributed by atoms with Crippen LogP contribution in [0.25, 0.3) is 0 Å². The van der Waals surface area contributed by atoms with Crippen LogP contribution in [0.3, 0.4) is 0 Å². The quantitative estimate of drug-likeness (QED) is 0.847. The molecule has 0 bridgehead atoms. The van der Waals surface area contributed by atoms with Crippen LogP contribution in [-0.4, -0.2) is 28.8 Å². The van der Waals surface area contributed by atoms with Crippen molar-refractivity contribution in [3.8, 4) is 0 Å². The van der Waals surface area contributed by atoms with Gasteiger partial charge in [-0.15, -0.1) is 0 Å². The molecular weight excluding hydrogens is 334 g/mol. The summed E-state index contributed by atoms with van der Waals surface area (Å²) < 4.78 is 50.2. The second kappa shape index (κ2) is 7.32. The van der Waals surface area contributed by atoms with Crippen LogP contribution in [0.2, 0.25) is 0 Å². The predicted molar refractivity (Wildman–Crippen MR) is 91.5 cm³/mol. The molecule has 1 atom stereocenters. The van der Waals surface area contributed by atoms with E-state index < -0.39 is 19.9 Å². The topological polar surface area (TPSA) is 80.3 Å². The summed E-state index contributed by atoms with van der Waals surface area (Å²) in [5.41, 5.74) is 0.754. The first-order valence-corrected chi connectivity index (χ1v) is 11.5. The van der Waals surface area contributed by atoms with E-state index in [0.717, 1.165) is 37.5 Å². The first-order valence-electron chi connectivity index (χ1n) is 7.97. The molecule has 0 amide bonds. The molecular formula is C16H25NO4S2. The largest absolute Gasteiger partial charge is 0.224 e. The highest BCUT2D eigenvalue weighted by Crippen LogP contribution is 2.25. The zero-order valence-electron chi connectivity index (χ0n) is 13.7. The van der Waals surface area contributed by atoms with Crippen molar-refractivity contribution in [2.45, 2.75) is 50.0 Å². The molecule has 5 nitrogen and oxygen atoms in total. The van der Waals surface area contributed by atoms with Gasteiger partial charge in [-0.05, 0) is 43.4 Å². The van der Waals surface area contributed by atoms with Crippen molar-refractivity contribution in [2.75, 3.05) is 12.0 Å². The third-order valence-corrected chi connectivity index (χ3v) is 7.10. The molecule has 1 aliphatic rings. The Morgan fingerprint density at radius 2 is 1.61 bits per heavy atom. The second-order valence-electron chi connectivity index (χ2n) is 6.47. The van der Waals surface area contributed by atoms with Gasteiger partial charge in [-0.25, -0.2) is 21.6 Å². The van der Waals surface area contributed by atoms with Crippen LogP contribution in [-0.2, 0) is 19.9 Å². The Balaban J connectivity index is 2.01. The monoisotopic (exact) mass is 359 g/mol. The van der Waals surface area contributed by atoms with Crippen LogP contribution >= 0.6 is 0 Å². The lowest BCUT2D eigenvalue weighted by Gasteiger charge is -2.23. The summed E-state index contributed by atoms with van der Waals surface area (Å²) in [6, 6.07) is 5.96. The first kappa shape index (κ1) is 18.4. The Morgan fingerprint density at radius 1 is 1.04 bits per heavy atom. The number of sulfonamides is 1. The van der Waals surface area contributed by atoms with Gasteiger partial charge in [0.05, 0.1) is 10.6 Å². The number of hydrogen-bond donors (Lipinski definition) is 1. The van der Waals surface area contributed by atoms with Crippen molar-refractivity contribution in [2.24, 2.45) is 5.92 Å². The fourth-order valence-corrected chi connectivity index (χ4v) is 5.41. The minimum absolute atomic E-state index is 0.179. The Hall–Kier alpha value is -0.920. The number of nitrogens with one attached hydrogen (secondary N) is 1. The summed E-state index contributed by atoms with van der Waals surface area (Å²) in [7, 11) is -6.57. The van der Waals surface area contributed by atoms with Gasteiger partial charge in [-0.1, -0.05) is 31.4 Å². The van der Waals surface area contributed by atoms with E-state index in [-0.39, 0.29) is 22.6 Å². The molecule has 0 heterocycles. The Bertz CT molecular complexity index is 718. The van der Waals surface area contributed by atoms with E-state index in [0.29, 0.717) is 0 Å². The van der Waals surface area contributed by atoms with Crippen LogP contribution in [0.1, 0.15) is 50.6 Å². The number of benzene rings is 1. The van der Waals surface area contributed by atoms with Gasteiger partial charge in [0.2, 0.25) is 10.0 Å². The minimum atomic E-state index is -3.34. The van der Waals surface area contributed by atoms with Crippen molar-refractivity contribution < 1.29 is 16.8 Å². The van der Waals surface area contributed by atoms with Gasteiger partial charge < -0.3 is 0 Å². The molecule has 23 heavy (non-hydrogen) atoms. The van der Waals surface area contributed by atoms with Crippen LogP contribution in [0, 0.1) is 5.92 Å². The average molecular weight is 360 g/mol. The lowest BCUT2D eigenvalue weighted by molar-refractivity contribution is 0.383. The lowest BCUT2D eigenvalue weighted by atomic mass is 9.91. The lowest BCUT2D eigenvalue weighted by Crippen LogP contribution is -2.32. The summed E-state index contributed by atoms with van der Waals surface area (Å²) >= 11 is 0. The van der Waals surface area contributed by atoms with Crippen LogP contribution in [0.5, 0.6) is 0 Å². The van der Waals surface area contributed by atoms with Crippen molar-refractivity contribution in [1.29, 1.82) is 0 Å². The molecule has 0 aromatic heterocycles. The van der Waals surface area contributed by atoms with Crippen molar-refractivity contribution in [1.82, 2.24) is 4.72 Å². The molecule has 1 N–H and O–H groups in total. The zero-order chi connectivity index (χ0) is 17.1. The second-order valence-corrected chi connectivity index (χ2v) is 10.3. The van der Waals surface area contributed by atoms with Crippen molar-refractivity contribution >= 4 is 19.9 Å². The predicted octanol–water partition coefficient (Wildman–Crippen LogP) is 2.65. The molecule has 1 saturated carbocycles. The van der Waals surface area contributed by atoms with Gasteiger partial charge in [0.1, 0.15) is 0 Å². The number of hydrogen-bond acceptors (Lipinski definition) is 4. The highest BCUT2D eigenvalue weighted by molar-refractivity contribution is 7.90. The van der Waals surface area contributed by atoms with E-state index in [1.165, 1.54) is 18.6 Å². The average Bonchev–Trinajstić information content (AvgIpc) is 2.46. The SMILES string of the molecule is C[C@H](NS(=O)(=O)CC1CCCCC1)c1ccc(S(C)(=O)=O)cc1. The maximum absolute atomic E-state index is 12.3. The third kappa shape index (κ3) is 5.58. The fourth-order valence-electron chi connectivity index (χ4n) is 3.05. The summed E-state index contributed by atoms with van der Waals surface area (Å²) in [4.78, 5) is 0.235. The molecule has 1 aromatic carbocycles. The van der Waals surface area contributed by atoms with Crippen LogP contribution < -0.4 is 4.72 Å². The van der Waals surface area contributed by atoms with E-state index in [1.807, 2.05) is 0 Å². The Kier molecular flexibility index (Phi) is 5.86. The molecule has 1 fully saturated rings. The number of sulfone groups is 1. The highest BCUT2D eigenvalue weighted by Gasteiger charge is 2.23. The van der Waals surface area contributed by atoms with Gasteiger partial charge in [0.15, 0.2) is 9.84 Å². The van der Waals surface area contributed by atoms with E-state index in [9.17, 15) is 16.8 Å². The molecule has 0 radical (unpaired) electrons. The van der Waals surface area contributed by atoms with Crippen molar-refractivity contribution in [3.63, 3.8) is 0 Å². The summed E-state index contributed by atoms with van der Waals surface area (Å²) in [6.07, 6.45) is 6.55. The molecule has 1 aromatic rings. The molecule has 0 aliphatic heterocycles. The van der Waals surface area contributed by atoms with E-state index >= 15 is 0 Å². The maximum atomic E-state index is 12.3. The molecule has 0 unspecified atom stereocenters. The van der Waals surface area contributed by atoms with E-state index in [1.54, 1.807) is 19.1 Å². The standard InChI is InChI=1S/C16H25NO4S2/c1-13(15-8-10-16(11-9-15)22(2,18)19)17-23(20,21)12-14-6-4-3-5-7-14/h8-11,13-14,17H,3-7,12H2,1-2H3/t13-/m0/s1. The van der Waals surface area contributed by atoms with Gasteiger partial charge in [0, 0.05) is 12.3 Å². The van der Waals surface area contributed by atoms with Gasteiger partial charge in [-0.2, -0.15) is 0 Å². The Morgan fingerprint density at radius 3 is 2.13 bits per heavy atom. The highest BCUT2D eigenvalue weighted by atomic mass is 32.2. The first-order chi connectivity index (χ1) is 10.7. The fraction of sp³-hybridized carbons (Fsp3) is 0.625. The van der Waals surface area contributed by atoms with Gasteiger partial charge in [0.25, 0.3) is 0 Å². The van der Waals surface area contributed by atoms with Gasteiger partial charge >= 0.3 is 0 Å².